The lowest BCUT2D eigenvalue weighted by Crippen LogP contribution is -2.38. The van der Waals surface area contributed by atoms with Crippen molar-refractivity contribution in [3.05, 3.63) is 29.8 Å². The molecule has 0 amide bonds. The van der Waals surface area contributed by atoms with Crippen molar-refractivity contribution in [1.82, 2.24) is 10.6 Å². The van der Waals surface area contributed by atoms with Crippen LogP contribution < -0.4 is 15.4 Å². The molecule has 0 saturated carbocycles. The smallest absolute Gasteiger partial charge is 0.166 e. The highest BCUT2D eigenvalue weighted by Crippen LogP contribution is 2.16. The van der Waals surface area contributed by atoms with Crippen LogP contribution in [0.15, 0.2) is 24.3 Å². The summed E-state index contributed by atoms with van der Waals surface area (Å²) >= 11 is 5.25. The standard InChI is InChI=1S/C14H22N2OS/c1-10(2)9-15-14(18)16-11(3)12-5-7-13(17-4)8-6-12/h5-8,10-11H,9H2,1-4H3,(H2,15,16,18)/t11-/m0/s1. The van der Waals surface area contributed by atoms with Gasteiger partial charge in [-0.2, -0.15) is 0 Å². The second kappa shape index (κ2) is 7.21. The van der Waals surface area contributed by atoms with Crippen LogP contribution in [0.25, 0.3) is 0 Å². The van der Waals surface area contributed by atoms with Crippen LogP contribution >= 0.6 is 12.2 Å². The molecule has 18 heavy (non-hydrogen) atoms. The number of rotatable bonds is 5. The third kappa shape index (κ3) is 4.92. The first-order valence-corrected chi connectivity index (χ1v) is 6.62. The van der Waals surface area contributed by atoms with E-state index in [0.717, 1.165) is 12.3 Å². The van der Waals surface area contributed by atoms with Gasteiger partial charge in [-0.1, -0.05) is 26.0 Å². The Morgan fingerprint density at radius 2 is 1.83 bits per heavy atom. The largest absolute Gasteiger partial charge is 0.497 e. The summed E-state index contributed by atoms with van der Waals surface area (Å²) in [5, 5.41) is 7.17. The van der Waals surface area contributed by atoms with Gasteiger partial charge in [0.25, 0.3) is 0 Å². The lowest BCUT2D eigenvalue weighted by Gasteiger charge is -2.18. The molecule has 0 aliphatic rings. The SMILES string of the molecule is COc1ccc([C@H](C)NC(=S)NCC(C)C)cc1. The van der Waals surface area contributed by atoms with Crippen molar-refractivity contribution >= 4 is 17.3 Å². The number of thiocarbonyl (C=S) groups is 1. The minimum absolute atomic E-state index is 0.183. The first-order chi connectivity index (χ1) is 8.52. The van der Waals surface area contributed by atoms with Gasteiger partial charge in [-0.25, -0.2) is 0 Å². The molecule has 0 aliphatic carbocycles. The van der Waals surface area contributed by atoms with Crippen LogP contribution in [0.1, 0.15) is 32.4 Å². The van der Waals surface area contributed by atoms with Gasteiger partial charge in [-0.3, -0.25) is 0 Å². The number of nitrogens with one attached hydrogen (secondary N) is 2. The molecular weight excluding hydrogens is 244 g/mol. The maximum Gasteiger partial charge on any atom is 0.166 e. The van der Waals surface area contributed by atoms with Gasteiger partial charge in [0.15, 0.2) is 5.11 Å². The number of hydrogen-bond acceptors (Lipinski definition) is 2. The quantitative estimate of drug-likeness (QED) is 0.803. The normalized spacial score (nSPS) is 12.1. The van der Waals surface area contributed by atoms with E-state index < -0.39 is 0 Å². The van der Waals surface area contributed by atoms with E-state index in [0.29, 0.717) is 11.0 Å². The minimum atomic E-state index is 0.183. The monoisotopic (exact) mass is 266 g/mol. The topological polar surface area (TPSA) is 33.3 Å². The van der Waals surface area contributed by atoms with Crippen LogP contribution in [0.2, 0.25) is 0 Å². The van der Waals surface area contributed by atoms with E-state index in [4.69, 9.17) is 17.0 Å². The molecule has 0 bridgehead atoms. The Morgan fingerprint density at radius 1 is 1.22 bits per heavy atom. The van der Waals surface area contributed by atoms with Crippen molar-refractivity contribution in [2.45, 2.75) is 26.8 Å². The Balaban J connectivity index is 2.48. The molecule has 0 unspecified atom stereocenters. The number of ether oxygens (including phenoxy) is 1. The molecule has 0 aromatic heterocycles. The summed E-state index contributed by atoms with van der Waals surface area (Å²) in [6.07, 6.45) is 0. The third-order valence-corrected chi connectivity index (χ3v) is 2.90. The van der Waals surface area contributed by atoms with Gasteiger partial charge in [0.2, 0.25) is 0 Å². The Morgan fingerprint density at radius 3 is 2.33 bits per heavy atom. The molecule has 0 fully saturated rings. The van der Waals surface area contributed by atoms with Crippen LogP contribution in [-0.2, 0) is 0 Å². The zero-order chi connectivity index (χ0) is 13.5. The zero-order valence-electron chi connectivity index (χ0n) is 11.5. The molecule has 0 spiro atoms. The van der Waals surface area contributed by atoms with E-state index >= 15 is 0 Å². The molecule has 1 rings (SSSR count). The average Bonchev–Trinajstić information content (AvgIpc) is 2.36. The fourth-order valence-corrected chi connectivity index (χ4v) is 1.78. The third-order valence-electron chi connectivity index (χ3n) is 2.63. The Bertz CT molecular complexity index is 376. The number of benzene rings is 1. The van der Waals surface area contributed by atoms with E-state index in [1.165, 1.54) is 5.56 Å². The van der Waals surface area contributed by atoms with Gasteiger partial charge in [0.05, 0.1) is 13.2 Å². The molecule has 0 aliphatic heterocycles. The molecule has 0 radical (unpaired) electrons. The van der Waals surface area contributed by atoms with Gasteiger partial charge in [0, 0.05) is 6.54 Å². The average molecular weight is 266 g/mol. The molecule has 0 saturated heterocycles. The van der Waals surface area contributed by atoms with Crippen LogP contribution in [0.4, 0.5) is 0 Å². The van der Waals surface area contributed by atoms with Gasteiger partial charge in [-0.15, -0.1) is 0 Å². The van der Waals surface area contributed by atoms with Gasteiger partial charge in [-0.05, 0) is 42.8 Å². The van der Waals surface area contributed by atoms with Gasteiger partial charge < -0.3 is 15.4 Å². The van der Waals surface area contributed by atoms with Crippen LogP contribution in [0, 0.1) is 5.92 Å². The van der Waals surface area contributed by atoms with E-state index in [9.17, 15) is 0 Å². The summed E-state index contributed by atoms with van der Waals surface area (Å²) in [5.74, 6) is 1.45. The number of methoxy groups -OCH3 is 1. The summed E-state index contributed by atoms with van der Waals surface area (Å²) in [6.45, 7) is 7.29. The van der Waals surface area contributed by atoms with E-state index in [1.54, 1.807) is 7.11 Å². The Labute approximate surface area is 115 Å². The highest BCUT2D eigenvalue weighted by Gasteiger charge is 2.07. The highest BCUT2D eigenvalue weighted by molar-refractivity contribution is 7.80. The molecule has 0 heterocycles. The molecule has 100 valence electrons. The van der Waals surface area contributed by atoms with Gasteiger partial charge in [0.1, 0.15) is 5.75 Å². The molecule has 1 aromatic carbocycles. The summed E-state index contributed by atoms with van der Waals surface area (Å²) in [5.41, 5.74) is 1.18. The molecule has 3 nitrogen and oxygen atoms in total. The van der Waals surface area contributed by atoms with Crippen LogP contribution in [-0.4, -0.2) is 18.8 Å². The van der Waals surface area contributed by atoms with E-state index in [1.807, 2.05) is 24.3 Å². The molecule has 2 N–H and O–H groups in total. The summed E-state index contributed by atoms with van der Waals surface area (Å²) in [6, 6.07) is 8.18. The zero-order valence-corrected chi connectivity index (χ0v) is 12.3. The first kappa shape index (κ1) is 14.8. The van der Waals surface area contributed by atoms with E-state index in [2.05, 4.69) is 31.4 Å². The van der Waals surface area contributed by atoms with Crippen molar-refractivity contribution in [1.29, 1.82) is 0 Å². The second-order valence-corrected chi connectivity index (χ2v) is 5.15. The van der Waals surface area contributed by atoms with Crippen molar-refractivity contribution in [3.63, 3.8) is 0 Å². The predicted molar refractivity (Wildman–Crippen MR) is 80.0 cm³/mol. The molecule has 1 aromatic rings. The summed E-state index contributed by atoms with van der Waals surface area (Å²) in [7, 11) is 1.67. The summed E-state index contributed by atoms with van der Waals surface area (Å²) < 4.78 is 5.14. The highest BCUT2D eigenvalue weighted by atomic mass is 32.1. The number of hydrogen-bond donors (Lipinski definition) is 2. The summed E-state index contributed by atoms with van der Waals surface area (Å²) in [4.78, 5) is 0. The van der Waals surface area contributed by atoms with Crippen molar-refractivity contribution < 1.29 is 4.74 Å². The lowest BCUT2D eigenvalue weighted by molar-refractivity contribution is 0.414. The minimum Gasteiger partial charge on any atom is -0.497 e. The van der Waals surface area contributed by atoms with E-state index in [-0.39, 0.29) is 6.04 Å². The molecular formula is C14H22N2OS. The van der Waals surface area contributed by atoms with Crippen molar-refractivity contribution in [3.8, 4) is 5.75 Å². The maximum absolute atomic E-state index is 5.25. The first-order valence-electron chi connectivity index (χ1n) is 6.21. The fourth-order valence-electron chi connectivity index (χ4n) is 1.52. The second-order valence-electron chi connectivity index (χ2n) is 4.74. The fraction of sp³-hybridized carbons (Fsp3) is 0.500. The van der Waals surface area contributed by atoms with Crippen molar-refractivity contribution in [2.24, 2.45) is 5.92 Å². The maximum atomic E-state index is 5.25. The lowest BCUT2D eigenvalue weighted by atomic mass is 10.1. The molecule has 1 atom stereocenters. The Hall–Kier alpha value is -1.29. The van der Waals surface area contributed by atoms with Gasteiger partial charge >= 0.3 is 0 Å². The van der Waals surface area contributed by atoms with Crippen LogP contribution in [0.3, 0.4) is 0 Å². The predicted octanol–water partition coefficient (Wildman–Crippen LogP) is 2.88. The Kier molecular flexibility index (Phi) is 5.92. The van der Waals surface area contributed by atoms with Crippen LogP contribution in [0.5, 0.6) is 5.75 Å². The van der Waals surface area contributed by atoms with Crippen molar-refractivity contribution in [2.75, 3.05) is 13.7 Å². The molecule has 4 heteroatoms.